The molecule has 0 radical (unpaired) electrons. The number of carbonyl (C=O) groups excluding carboxylic acids is 1. The van der Waals surface area contributed by atoms with Crippen molar-refractivity contribution in [1.82, 2.24) is 4.90 Å². The molecule has 0 spiro atoms. The van der Waals surface area contributed by atoms with Crippen LogP contribution in [-0.4, -0.2) is 52.2 Å². The van der Waals surface area contributed by atoms with E-state index in [1.807, 2.05) is 13.0 Å². The highest BCUT2D eigenvalue weighted by Crippen LogP contribution is 2.31. The normalized spacial score (nSPS) is 14.8. The van der Waals surface area contributed by atoms with Crippen molar-refractivity contribution in [3.05, 3.63) is 23.8 Å². The first-order valence-electron chi connectivity index (χ1n) is 7.73. The van der Waals surface area contributed by atoms with Crippen LogP contribution in [0, 0.1) is 6.92 Å². The number of rotatable bonds is 6. The van der Waals surface area contributed by atoms with Gasteiger partial charge in [-0.3, -0.25) is 9.10 Å². The summed E-state index contributed by atoms with van der Waals surface area (Å²) in [6, 6.07) is 5.36. The van der Waals surface area contributed by atoms with Gasteiger partial charge in [0, 0.05) is 26.1 Å². The lowest BCUT2D eigenvalue weighted by Crippen LogP contribution is -2.36. The van der Waals surface area contributed by atoms with E-state index in [-0.39, 0.29) is 18.9 Å². The summed E-state index contributed by atoms with van der Waals surface area (Å²) in [6.07, 6.45) is 3.36. The molecule has 0 atom stereocenters. The zero-order valence-electron chi connectivity index (χ0n) is 13.9. The highest BCUT2D eigenvalue weighted by atomic mass is 32.2. The lowest BCUT2D eigenvalue weighted by atomic mass is 10.2. The second-order valence-corrected chi connectivity index (χ2v) is 7.76. The number of carbonyl (C=O) groups is 1. The Hall–Kier alpha value is -1.76. The molecule has 0 aliphatic carbocycles. The summed E-state index contributed by atoms with van der Waals surface area (Å²) in [4.78, 5) is 14.0. The van der Waals surface area contributed by atoms with Crippen molar-refractivity contribution < 1.29 is 17.9 Å². The molecule has 23 heavy (non-hydrogen) atoms. The number of sulfonamides is 1. The maximum atomic E-state index is 12.2. The predicted octanol–water partition coefficient (Wildman–Crippen LogP) is 1.78. The number of amides is 1. The third-order valence-electron chi connectivity index (χ3n) is 3.99. The van der Waals surface area contributed by atoms with Gasteiger partial charge in [-0.25, -0.2) is 8.42 Å². The fourth-order valence-electron chi connectivity index (χ4n) is 2.78. The SMILES string of the molecule is COc1ccc(C)cc1N(CCC(=O)N1CCCC1)S(C)(=O)=O. The Morgan fingerprint density at radius 2 is 1.96 bits per heavy atom. The number of hydrogen-bond acceptors (Lipinski definition) is 4. The molecule has 0 bridgehead atoms. The Bertz CT molecular complexity index is 667. The van der Waals surface area contributed by atoms with Crippen LogP contribution in [0.25, 0.3) is 0 Å². The van der Waals surface area contributed by atoms with E-state index in [9.17, 15) is 13.2 Å². The molecule has 1 saturated heterocycles. The smallest absolute Gasteiger partial charge is 0.232 e. The Kier molecular flexibility index (Phi) is 5.51. The van der Waals surface area contributed by atoms with Crippen LogP contribution < -0.4 is 9.04 Å². The lowest BCUT2D eigenvalue weighted by Gasteiger charge is -2.25. The highest BCUT2D eigenvalue weighted by Gasteiger charge is 2.24. The topological polar surface area (TPSA) is 66.9 Å². The van der Waals surface area contributed by atoms with Gasteiger partial charge in [0.1, 0.15) is 5.75 Å². The third kappa shape index (κ3) is 4.37. The third-order valence-corrected chi connectivity index (χ3v) is 5.17. The van der Waals surface area contributed by atoms with E-state index in [1.54, 1.807) is 17.0 Å². The Morgan fingerprint density at radius 3 is 2.52 bits per heavy atom. The molecule has 1 aliphatic rings. The molecule has 0 unspecified atom stereocenters. The molecule has 2 rings (SSSR count). The first kappa shape index (κ1) is 17.6. The van der Waals surface area contributed by atoms with E-state index in [0.29, 0.717) is 11.4 Å². The Labute approximate surface area is 138 Å². The van der Waals surface area contributed by atoms with E-state index in [2.05, 4.69) is 0 Å². The van der Waals surface area contributed by atoms with Crippen molar-refractivity contribution in [2.75, 3.05) is 37.3 Å². The zero-order valence-corrected chi connectivity index (χ0v) is 14.7. The molecular weight excluding hydrogens is 316 g/mol. The molecule has 6 nitrogen and oxygen atoms in total. The fourth-order valence-corrected chi connectivity index (χ4v) is 3.70. The highest BCUT2D eigenvalue weighted by molar-refractivity contribution is 7.92. The van der Waals surface area contributed by atoms with E-state index in [4.69, 9.17) is 4.74 Å². The summed E-state index contributed by atoms with van der Waals surface area (Å²) in [5.74, 6) is 0.484. The van der Waals surface area contributed by atoms with Crippen molar-refractivity contribution in [1.29, 1.82) is 0 Å². The van der Waals surface area contributed by atoms with Gasteiger partial charge in [-0.15, -0.1) is 0 Å². The molecular formula is C16H24N2O4S. The van der Waals surface area contributed by atoms with Crippen molar-refractivity contribution in [3.63, 3.8) is 0 Å². The minimum absolute atomic E-state index is 0.00256. The standard InChI is InChI=1S/C16H24N2O4S/c1-13-6-7-15(22-2)14(12-13)18(23(3,20)21)11-8-16(19)17-9-4-5-10-17/h6-7,12H,4-5,8-11H2,1-3H3. The molecule has 1 aromatic rings. The van der Waals surface area contributed by atoms with Crippen molar-refractivity contribution in [2.24, 2.45) is 0 Å². The molecule has 1 amide bonds. The van der Waals surface area contributed by atoms with Gasteiger partial charge in [0.05, 0.1) is 19.1 Å². The van der Waals surface area contributed by atoms with Crippen molar-refractivity contribution in [2.45, 2.75) is 26.2 Å². The summed E-state index contributed by atoms with van der Waals surface area (Å²) in [5.41, 5.74) is 1.41. The molecule has 1 aliphatic heterocycles. The van der Waals surface area contributed by atoms with Crippen LogP contribution in [0.5, 0.6) is 5.75 Å². The molecule has 0 aromatic heterocycles. The maximum Gasteiger partial charge on any atom is 0.232 e. The zero-order chi connectivity index (χ0) is 17.0. The number of aryl methyl sites for hydroxylation is 1. The second kappa shape index (κ2) is 7.21. The van der Waals surface area contributed by atoms with Gasteiger partial charge in [-0.1, -0.05) is 6.07 Å². The van der Waals surface area contributed by atoms with Crippen LogP contribution >= 0.6 is 0 Å². The summed E-state index contributed by atoms with van der Waals surface area (Å²) in [7, 11) is -2.00. The summed E-state index contributed by atoms with van der Waals surface area (Å²) in [6.45, 7) is 3.55. The largest absolute Gasteiger partial charge is 0.495 e. The van der Waals surface area contributed by atoms with E-state index < -0.39 is 10.0 Å². The minimum atomic E-state index is -3.50. The summed E-state index contributed by atoms with van der Waals surface area (Å²) >= 11 is 0. The Balaban J connectivity index is 2.21. The second-order valence-electron chi connectivity index (χ2n) is 5.85. The fraction of sp³-hybridized carbons (Fsp3) is 0.562. The van der Waals surface area contributed by atoms with Gasteiger partial charge >= 0.3 is 0 Å². The van der Waals surface area contributed by atoms with Crippen LogP contribution in [0.2, 0.25) is 0 Å². The average molecular weight is 340 g/mol. The molecule has 0 N–H and O–H groups in total. The number of likely N-dealkylation sites (tertiary alicyclic amines) is 1. The van der Waals surface area contributed by atoms with Crippen LogP contribution in [0.1, 0.15) is 24.8 Å². The first-order valence-corrected chi connectivity index (χ1v) is 9.58. The predicted molar refractivity (Wildman–Crippen MR) is 90.4 cm³/mol. The quantitative estimate of drug-likeness (QED) is 0.792. The number of anilines is 1. The number of nitrogens with zero attached hydrogens (tertiary/aromatic N) is 2. The lowest BCUT2D eigenvalue weighted by molar-refractivity contribution is -0.129. The molecule has 0 saturated carbocycles. The Morgan fingerprint density at radius 1 is 1.30 bits per heavy atom. The van der Waals surface area contributed by atoms with Crippen molar-refractivity contribution in [3.8, 4) is 5.75 Å². The first-order chi connectivity index (χ1) is 10.8. The number of ether oxygens (including phenoxy) is 1. The number of hydrogen-bond donors (Lipinski definition) is 0. The van der Waals surface area contributed by atoms with Gasteiger partial charge in [0.2, 0.25) is 15.9 Å². The van der Waals surface area contributed by atoms with E-state index >= 15 is 0 Å². The maximum absolute atomic E-state index is 12.2. The molecule has 128 valence electrons. The van der Waals surface area contributed by atoms with Crippen molar-refractivity contribution >= 4 is 21.6 Å². The van der Waals surface area contributed by atoms with Crippen LogP contribution in [0.4, 0.5) is 5.69 Å². The van der Waals surface area contributed by atoms with E-state index in [0.717, 1.165) is 37.8 Å². The van der Waals surface area contributed by atoms with Gasteiger partial charge in [-0.05, 0) is 37.5 Å². The van der Waals surface area contributed by atoms with Gasteiger partial charge in [0.15, 0.2) is 0 Å². The summed E-state index contributed by atoms with van der Waals surface area (Å²) in [5, 5.41) is 0. The van der Waals surface area contributed by atoms with Crippen LogP contribution in [-0.2, 0) is 14.8 Å². The number of benzene rings is 1. The molecule has 7 heteroatoms. The van der Waals surface area contributed by atoms with Gasteiger partial charge in [-0.2, -0.15) is 0 Å². The number of methoxy groups -OCH3 is 1. The summed E-state index contributed by atoms with van der Waals surface area (Å²) < 4.78 is 30.9. The average Bonchev–Trinajstić information content (AvgIpc) is 3.00. The van der Waals surface area contributed by atoms with Gasteiger partial charge < -0.3 is 9.64 Å². The molecule has 1 heterocycles. The minimum Gasteiger partial charge on any atom is -0.495 e. The monoisotopic (exact) mass is 340 g/mol. The van der Waals surface area contributed by atoms with E-state index in [1.165, 1.54) is 11.4 Å². The molecule has 1 fully saturated rings. The van der Waals surface area contributed by atoms with Crippen LogP contribution in [0.3, 0.4) is 0 Å². The molecule has 1 aromatic carbocycles. The van der Waals surface area contributed by atoms with Crippen LogP contribution in [0.15, 0.2) is 18.2 Å². The van der Waals surface area contributed by atoms with Gasteiger partial charge in [0.25, 0.3) is 0 Å².